The van der Waals surface area contributed by atoms with Crippen molar-refractivity contribution in [2.45, 2.75) is 24.8 Å². The number of sulfonamides is 1. The molecule has 0 radical (unpaired) electrons. The molecule has 3 N–H and O–H groups in total. The number of fused-ring (bicyclic) bond motifs is 1. The van der Waals surface area contributed by atoms with Gasteiger partial charge in [0.1, 0.15) is 0 Å². The van der Waals surface area contributed by atoms with Crippen molar-refractivity contribution in [2.24, 2.45) is 5.14 Å². The summed E-state index contributed by atoms with van der Waals surface area (Å²) in [4.78, 5) is 12.2. The number of aryl methyl sites for hydroxylation is 1. The van der Waals surface area contributed by atoms with Crippen LogP contribution < -0.4 is 10.5 Å². The maximum absolute atomic E-state index is 12.3. The highest BCUT2D eigenvalue weighted by Gasteiger charge is 2.18. The van der Waals surface area contributed by atoms with Gasteiger partial charge in [0.15, 0.2) is 0 Å². The number of nitrogens with zero attached hydrogens (tertiary/aromatic N) is 2. The van der Waals surface area contributed by atoms with Crippen LogP contribution in [0, 0.1) is 0 Å². The predicted octanol–water partition coefficient (Wildman–Crippen LogP) is 2.54. The largest absolute Gasteiger partial charge is 0.326 e. The molecule has 26 heavy (non-hydrogen) atoms. The average molecular weight is 393 g/mol. The van der Waals surface area contributed by atoms with E-state index in [9.17, 15) is 13.2 Å². The summed E-state index contributed by atoms with van der Waals surface area (Å²) in [5.74, 6) is -0.326. The first kappa shape index (κ1) is 18.4. The summed E-state index contributed by atoms with van der Waals surface area (Å²) in [5.41, 5.74) is 1.42. The summed E-state index contributed by atoms with van der Waals surface area (Å²) >= 11 is 6.06. The number of carbonyl (C=O) groups excluding carboxylic acids is 1. The number of hydrogen-bond donors (Lipinski definition) is 2. The second-order valence-electron chi connectivity index (χ2n) is 5.75. The van der Waals surface area contributed by atoms with Crippen LogP contribution >= 0.6 is 11.6 Å². The number of rotatable bonds is 5. The van der Waals surface area contributed by atoms with Crippen LogP contribution in [-0.2, 0) is 27.8 Å². The Morgan fingerprint density at radius 3 is 2.69 bits per heavy atom. The monoisotopic (exact) mass is 392 g/mol. The van der Waals surface area contributed by atoms with Gasteiger partial charge in [0, 0.05) is 28.8 Å². The molecular formula is C17H17ClN4O3S. The van der Waals surface area contributed by atoms with Crippen LogP contribution in [-0.4, -0.2) is 24.1 Å². The van der Waals surface area contributed by atoms with E-state index < -0.39 is 10.0 Å². The second-order valence-corrected chi connectivity index (χ2v) is 7.69. The number of benzene rings is 2. The van der Waals surface area contributed by atoms with Crippen molar-refractivity contribution in [3.05, 3.63) is 53.2 Å². The smallest absolute Gasteiger partial charge is 0.238 e. The highest BCUT2D eigenvalue weighted by molar-refractivity contribution is 7.89. The molecule has 0 saturated carbocycles. The van der Waals surface area contributed by atoms with E-state index in [0.29, 0.717) is 33.7 Å². The van der Waals surface area contributed by atoms with E-state index >= 15 is 0 Å². The number of halogens is 1. The molecule has 0 saturated heterocycles. The maximum Gasteiger partial charge on any atom is 0.238 e. The molecule has 0 bridgehead atoms. The zero-order chi connectivity index (χ0) is 18.9. The van der Waals surface area contributed by atoms with E-state index in [0.717, 1.165) is 0 Å². The van der Waals surface area contributed by atoms with E-state index in [-0.39, 0.29) is 17.2 Å². The normalized spacial score (nSPS) is 11.7. The molecule has 0 spiro atoms. The molecule has 3 rings (SSSR count). The van der Waals surface area contributed by atoms with Gasteiger partial charge in [0.2, 0.25) is 15.9 Å². The second kappa shape index (κ2) is 7.06. The van der Waals surface area contributed by atoms with Gasteiger partial charge in [0.25, 0.3) is 0 Å². The lowest BCUT2D eigenvalue weighted by atomic mass is 10.1. The van der Waals surface area contributed by atoms with Crippen LogP contribution in [0.3, 0.4) is 0 Å². The van der Waals surface area contributed by atoms with Crippen LogP contribution in [0.5, 0.6) is 0 Å². The third-order valence-corrected chi connectivity index (χ3v) is 5.18. The SMILES string of the molecule is CCn1cc2c(S(N)(=O)=O)cc(NC(=O)Cc3ccccc3Cl)cc2n1. The van der Waals surface area contributed by atoms with Gasteiger partial charge in [-0.1, -0.05) is 29.8 Å². The van der Waals surface area contributed by atoms with Crippen LogP contribution in [0.1, 0.15) is 12.5 Å². The molecule has 0 aliphatic rings. The Morgan fingerprint density at radius 2 is 2.04 bits per heavy atom. The number of carbonyl (C=O) groups is 1. The molecule has 0 fully saturated rings. The first-order chi connectivity index (χ1) is 12.3. The van der Waals surface area contributed by atoms with E-state index in [1.54, 1.807) is 41.2 Å². The summed E-state index contributed by atoms with van der Waals surface area (Å²) in [6, 6.07) is 9.97. The number of nitrogens with two attached hydrogens (primary N) is 1. The Labute approximate surface area is 155 Å². The molecule has 1 amide bonds. The maximum atomic E-state index is 12.3. The molecule has 0 aliphatic carbocycles. The van der Waals surface area contributed by atoms with Crippen LogP contribution in [0.15, 0.2) is 47.5 Å². The zero-order valence-electron chi connectivity index (χ0n) is 13.9. The van der Waals surface area contributed by atoms with Gasteiger partial charge < -0.3 is 5.32 Å². The minimum atomic E-state index is -3.97. The Bertz CT molecular complexity index is 1090. The molecule has 0 atom stereocenters. The molecule has 0 aliphatic heterocycles. The van der Waals surface area contributed by atoms with E-state index in [1.807, 2.05) is 6.92 Å². The lowest BCUT2D eigenvalue weighted by Crippen LogP contribution is -2.16. The molecule has 7 nitrogen and oxygen atoms in total. The van der Waals surface area contributed by atoms with Crippen LogP contribution in [0.25, 0.3) is 10.9 Å². The zero-order valence-corrected chi connectivity index (χ0v) is 15.5. The summed E-state index contributed by atoms with van der Waals surface area (Å²) in [6.45, 7) is 2.46. The van der Waals surface area contributed by atoms with Crippen molar-refractivity contribution < 1.29 is 13.2 Å². The van der Waals surface area contributed by atoms with Crippen molar-refractivity contribution in [2.75, 3.05) is 5.32 Å². The van der Waals surface area contributed by atoms with E-state index in [4.69, 9.17) is 16.7 Å². The number of primary sulfonamides is 1. The summed E-state index contributed by atoms with van der Waals surface area (Å²) < 4.78 is 25.5. The van der Waals surface area contributed by atoms with E-state index in [1.165, 1.54) is 6.07 Å². The molecule has 0 unspecified atom stereocenters. The van der Waals surface area contributed by atoms with Crippen LogP contribution in [0.2, 0.25) is 5.02 Å². The van der Waals surface area contributed by atoms with Gasteiger partial charge in [-0.2, -0.15) is 5.10 Å². The quantitative estimate of drug-likeness (QED) is 0.695. The van der Waals surface area contributed by atoms with Gasteiger partial charge in [-0.05, 0) is 30.7 Å². The Hall–Kier alpha value is -2.42. The summed E-state index contributed by atoms with van der Waals surface area (Å²) in [7, 11) is -3.97. The molecule has 1 heterocycles. The number of anilines is 1. The average Bonchev–Trinajstić information content (AvgIpc) is 2.98. The molecule has 136 valence electrons. The molecular weight excluding hydrogens is 376 g/mol. The fourth-order valence-corrected chi connectivity index (χ4v) is 3.59. The van der Waals surface area contributed by atoms with Gasteiger partial charge in [0.05, 0.1) is 16.8 Å². The summed E-state index contributed by atoms with van der Waals surface area (Å²) in [5, 5.41) is 13.2. The fourth-order valence-electron chi connectivity index (χ4n) is 2.63. The number of amides is 1. The van der Waals surface area contributed by atoms with Gasteiger partial charge >= 0.3 is 0 Å². The topological polar surface area (TPSA) is 107 Å². The number of aromatic nitrogens is 2. The molecule has 3 aromatic rings. The van der Waals surface area contributed by atoms with Crippen LogP contribution in [0.4, 0.5) is 5.69 Å². The molecule has 2 aromatic carbocycles. The number of nitrogens with one attached hydrogen (secondary N) is 1. The minimum Gasteiger partial charge on any atom is -0.326 e. The van der Waals surface area contributed by atoms with Crippen molar-refractivity contribution in [1.29, 1.82) is 0 Å². The molecule has 9 heteroatoms. The van der Waals surface area contributed by atoms with E-state index in [2.05, 4.69) is 10.4 Å². The first-order valence-electron chi connectivity index (χ1n) is 7.85. The standard InChI is InChI=1S/C17H17ClN4O3S/c1-2-22-10-13-15(21-22)8-12(9-16(13)26(19,24)25)20-17(23)7-11-5-3-4-6-14(11)18/h3-6,8-10H,2,7H2,1H3,(H,20,23)(H2,19,24,25). The Morgan fingerprint density at radius 1 is 1.31 bits per heavy atom. The van der Waals surface area contributed by atoms with Crippen molar-refractivity contribution in [3.63, 3.8) is 0 Å². The first-order valence-corrected chi connectivity index (χ1v) is 9.77. The minimum absolute atomic E-state index is 0.0613. The van der Waals surface area contributed by atoms with Crippen molar-refractivity contribution in [1.82, 2.24) is 9.78 Å². The highest BCUT2D eigenvalue weighted by atomic mass is 35.5. The third-order valence-electron chi connectivity index (χ3n) is 3.86. The summed E-state index contributed by atoms with van der Waals surface area (Å²) in [6.07, 6.45) is 1.68. The Balaban J connectivity index is 1.95. The fraction of sp³-hybridized carbons (Fsp3) is 0.176. The van der Waals surface area contributed by atoms with Gasteiger partial charge in [-0.3, -0.25) is 9.48 Å². The lowest BCUT2D eigenvalue weighted by Gasteiger charge is -2.08. The Kier molecular flexibility index (Phi) is 4.99. The highest BCUT2D eigenvalue weighted by Crippen LogP contribution is 2.26. The lowest BCUT2D eigenvalue weighted by molar-refractivity contribution is -0.115. The third kappa shape index (κ3) is 3.87. The van der Waals surface area contributed by atoms with Gasteiger partial charge in [-0.25, -0.2) is 13.6 Å². The predicted molar refractivity (Wildman–Crippen MR) is 101 cm³/mol. The van der Waals surface area contributed by atoms with Crippen molar-refractivity contribution in [3.8, 4) is 0 Å². The number of hydrogen-bond acceptors (Lipinski definition) is 4. The van der Waals surface area contributed by atoms with Crippen molar-refractivity contribution >= 4 is 44.1 Å². The molecule has 1 aromatic heterocycles. The van der Waals surface area contributed by atoms with Gasteiger partial charge in [-0.15, -0.1) is 0 Å².